The Balaban J connectivity index is 2.81. The number of anilines is 2. The van der Waals surface area contributed by atoms with Crippen LogP contribution in [0.2, 0.25) is 0 Å². The van der Waals surface area contributed by atoms with Crippen molar-refractivity contribution in [2.24, 2.45) is 0 Å². The average Bonchev–Trinajstić information content (AvgIpc) is 2.71. The van der Waals surface area contributed by atoms with Gasteiger partial charge in [0.2, 0.25) is 0 Å². The standard InChI is InChI=1S/C11H21N3O3S2/c1-3-7-19(16,17)9-10(12)14-18-11(9)13-6-5-8(15)4-2/h8,13,15H,3-7H2,1-2H3,(H2,12,14). The molecule has 1 unspecified atom stereocenters. The maximum Gasteiger partial charge on any atom is 0.185 e. The summed E-state index contributed by atoms with van der Waals surface area (Å²) >= 11 is 1.04. The first kappa shape index (κ1) is 16.2. The van der Waals surface area contributed by atoms with E-state index in [9.17, 15) is 13.5 Å². The summed E-state index contributed by atoms with van der Waals surface area (Å²) in [6.45, 7) is 4.19. The first-order chi connectivity index (χ1) is 8.92. The van der Waals surface area contributed by atoms with E-state index in [0.29, 0.717) is 30.8 Å². The van der Waals surface area contributed by atoms with Crippen LogP contribution in [0.1, 0.15) is 33.1 Å². The van der Waals surface area contributed by atoms with Crippen LogP contribution < -0.4 is 11.1 Å². The molecule has 110 valence electrons. The number of nitrogen functional groups attached to an aromatic ring is 1. The van der Waals surface area contributed by atoms with Gasteiger partial charge in [0.25, 0.3) is 0 Å². The van der Waals surface area contributed by atoms with E-state index in [1.165, 1.54) is 0 Å². The summed E-state index contributed by atoms with van der Waals surface area (Å²) in [4.78, 5) is 0.102. The van der Waals surface area contributed by atoms with E-state index in [2.05, 4.69) is 9.69 Å². The van der Waals surface area contributed by atoms with Gasteiger partial charge >= 0.3 is 0 Å². The third-order valence-corrected chi connectivity index (χ3v) is 5.62. The molecule has 19 heavy (non-hydrogen) atoms. The summed E-state index contributed by atoms with van der Waals surface area (Å²) in [7, 11) is -3.39. The SMILES string of the molecule is CCCS(=O)(=O)c1c(N)nsc1NCCC(O)CC. The predicted octanol–water partition coefficient (Wildman–Crippen LogP) is 1.48. The Labute approximate surface area is 118 Å². The van der Waals surface area contributed by atoms with Gasteiger partial charge in [0.15, 0.2) is 15.7 Å². The lowest BCUT2D eigenvalue weighted by Crippen LogP contribution is -2.14. The normalized spacial score (nSPS) is 13.4. The zero-order valence-electron chi connectivity index (χ0n) is 11.2. The molecule has 0 radical (unpaired) electrons. The number of aliphatic hydroxyl groups is 1. The van der Waals surface area contributed by atoms with E-state index < -0.39 is 9.84 Å². The molecule has 0 spiro atoms. The van der Waals surface area contributed by atoms with Gasteiger partial charge in [-0.1, -0.05) is 13.8 Å². The van der Waals surface area contributed by atoms with Crippen LogP contribution in [0.5, 0.6) is 0 Å². The second-order valence-corrected chi connectivity index (χ2v) is 7.14. The van der Waals surface area contributed by atoms with Gasteiger partial charge in [-0.2, -0.15) is 4.37 Å². The highest BCUT2D eigenvalue weighted by Crippen LogP contribution is 2.32. The number of hydrogen-bond donors (Lipinski definition) is 3. The highest BCUT2D eigenvalue weighted by molar-refractivity contribution is 7.91. The number of aromatic nitrogens is 1. The monoisotopic (exact) mass is 307 g/mol. The Bertz CT molecular complexity index is 499. The summed E-state index contributed by atoms with van der Waals surface area (Å²) in [6, 6.07) is 0. The lowest BCUT2D eigenvalue weighted by molar-refractivity contribution is 0.164. The second kappa shape index (κ2) is 7.06. The van der Waals surface area contributed by atoms with Crippen LogP contribution in [0.25, 0.3) is 0 Å². The first-order valence-electron chi connectivity index (χ1n) is 6.32. The van der Waals surface area contributed by atoms with Gasteiger partial charge < -0.3 is 16.2 Å². The first-order valence-corrected chi connectivity index (χ1v) is 8.74. The molecular weight excluding hydrogens is 286 g/mol. The van der Waals surface area contributed by atoms with Crippen molar-refractivity contribution in [3.05, 3.63) is 0 Å². The number of aliphatic hydroxyl groups excluding tert-OH is 1. The minimum Gasteiger partial charge on any atom is -0.393 e. The van der Waals surface area contributed by atoms with Gasteiger partial charge in [0, 0.05) is 6.54 Å². The molecule has 6 nitrogen and oxygen atoms in total. The number of rotatable bonds is 8. The highest BCUT2D eigenvalue weighted by atomic mass is 32.2. The quantitative estimate of drug-likeness (QED) is 0.672. The molecular formula is C11H21N3O3S2. The number of nitrogens with zero attached hydrogens (tertiary/aromatic N) is 1. The van der Waals surface area contributed by atoms with E-state index in [-0.39, 0.29) is 22.6 Å². The molecule has 1 aromatic rings. The fourth-order valence-corrected chi connectivity index (χ4v) is 4.28. The molecule has 0 amide bonds. The number of nitrogens with two attached hydrogens (primary N) is 1. The Kier molecular flexibility index (Phi) is 6.02. The molecule has 4 N–H and O–H groups in total. The van der Waals surface area contributed by atoms with Crippen LogP contribution in [0.15, 0.2) is 4.90 Å². The maximum atomic E-state index is 12.1. The van der Waals surface area contributed by atoms with Crippen molar-refractivity contribution in [3.63, 3.8) is 0 Å². The zero-order chi connectivity index (χ0) is 14.5. The van der Waals surface area contributed by atoms with Gasteiger partial charge in [-0.3, -0.25) is 0 Å². The Morgan fingerprint density at radius 1 is 1.47 bits per heavy atom. The lowest BCUT2D eigenvalue weighted by atomic mass is 10.2. The fraction of sp³-hybridized carbons (Fsp3) is 0.727. The zero-order valence-corrected chi connectivity index (χ0v) is 12.9. The molecule has 0 aliphatic carbocycles. The fourth-order valence-electron chi connectivity index (χ4n) is 1.63. The molecule has 1 rings (SSSR count). The van der Waals surface area contributed by atoms with Crippen LogP contribution >= 0.6 is 11.5 Å². The van der Waals surface area contributed by atoms with Crippen LogP contribution in [0, 0.1) is 0 Å². The largest absolute Gasteiger partial charge is 0.393 e. The molecule has 1 heterocycles. The van der Waals surface area contributed by atoms with Crippen LogP contribution in [-0.2, 0) is 9.84 Å². The van der Waals surface area contributed by atoms with Crippen molar-refractivity contribution < 1.29 is 13.5 Å². The molecule has 0 bridgehead atoms. The Morgan fingerprint density at radius 2 is 2.16 bits per heavy atom. The van der Waals surface area contributed by atoms with Crippen molar-refractivity contribution in [1.82, 2.24) is 4.37 Å². The van der Waals surface area contributed by atoms with Crippen molar-refractivity contribution in [2.45, 2.75) is 44.1 Å². The van der Waals surface area contributed by atoms with E-state index in [1.54, 1.807) is 6.92 Å². The average molecular weight is 307 g/mol. The molecule has 0 fully saturated rings. The second-order valence-electron chi connectivity index (χ2n) is 4.32. The minimum atomic E-state index is -3.39. The summed E-state index contributed by atoms with van der Waals surface area (Å²) in [5, 5.41) is 12.9. The third-order valence-electron chi connectivity index (χ3n) is 2.69. The molecule has 0 saturated heterocycles. The van der Waals surface area contributed by atoms with Gasteiger partial charge in [0.05, 0.1) is 11.9 Å². The lowest BCUT2D eigenvalue weighted by Gasteiger charge is -2.10. The molecule has 0 aliphatic rings. The van der Waals surface area contributed by atoms with E-state index >= 15 is 0 Å². The van der Waals surface area contributed by atoms with Gasteiger partial charge in [-0.25, -0.2) is 8.42 Å². The van der Waals surface area contributed by atoms with Gasteiger partial charge in [-0.05, 0) is 30.8 Å². The molecule has 1 aromatic heterocycles. The van der Waals surface area contributed by atoms with E-state index in [0.717, 1.165) is 11.5 Å². The van der Waals surface area contributed by atoms with Crippen molar-refractivity contribution in [3.8, 4) is 0 Å². The Morgan fingerprint density at radius 3 is 2.74 bits per heavy atom. The third kappa shape index (κ3) is 4.32. The smallest absolute Gasteiger partial charge is 0.185 e. The van der Waals surface area contributed by atoms with Crippen molar-refractivity contribution in [2.75, 3.05) is 23.3 Å². The van der Waals surface area contributed by atoms with Gasteiger partial charge in [0.1, 0.15) is 9.90 Å². The van der Waals surface area contributed by atoms with Crippen molar-refractivity contribution >= 4 is 32.2 Å². The topological polar surface area (TPSA) is 105 Å². The van der Waals surface area contributed by atoms with E-state index in [4.69, 9.17) is 5.73 Å². The van der Waals surface area contributed by atoms with E-state index in [1.807, 2.05) is 6.92 Å². The molecule has 0 saturated carbocycles. The molecule has 1 atom stereocenters. The summed E-state index contributed by atoms with van der Waals surface area (Å²) < 4.78 is 28.1. The van der Waals surface area contributed by atoms with Gasteiger partial charge in [-0.15, -0.1) is 0 Å². The Hall–Kier alpha value is -0.860. The summed E-state index contributed by atoms with van der Waals surface area (Å²) in [6.07, 6.45) is 1.38. The molecule has 0 aromatic carbocycles. The highest BCUT2D eigenvalue weighted by Gasteiger charge is 2.24. The van der Waals surface area contributed by atoms with Crippen LogP contribution in [0.3, 0.4) is 0 Å². The minimum absolute atomic E-state index is 0.0528. The molecule has 8 heteroatoms. The number of hydrogen-bond acceptors (Lipinski definition) is 7. The summed E-state index contributed by atoms with van der Waals surface area (Å²) in [5.41, 5.74) is 5.65. The molecule has 0 aliphatic heterocycles. The van der Waals surface area contributed by atoms with Crippen LogP contribution in [-0.4, -0.2) is 36.3 Å². The number of nitrogens with one attached hydrogen (secondary N) is 1. The number of sulfone groups is 1. The summed E-state index contributed by atoms with van der Waals surface area (Å²) in [5.74, 6) is 0.110. The van der Waals surface area contributed by atoms with Crippen LogP contribution in [0.4, 0.5) is 10.8 Å². The predicted molar refractivity (Wildman–Crippen MR) is 78.3 cm³/mol. The van der Waals surface area contributed by atoms with Crippen molar-refractivity contribution in [1.29, 1.82) is 0 Å². The maximum absolute atomic E-state index is 12.1.